The molecule has 0 heteroatoms. The maximum absolute atomic E-state index is 2.55. The van der Waals surface area contributed by atoms with E-state index in [4.69, 9.17) is 0 Å². The van der Waals surface area contributed by atoms with Gasteiger partial charge in [0.25, 0.3) is 0 Å². The van der Waals surface area contributed by atoms with E-state index in [9.17, 15) is 0 Å². The molecule has 0 saturated heterocycles. The molecule has 1 unspecified atom stereocenters. The van der Waals surface area contributed by atoms with Crippen LogP contribution in [0.2, 0.25) is 0 Å². The topological polar surface area (TPSA) is 0 Å². The standard InChI is InChI=1S/C27H32/c1-18-9-8-10-24(18)27(26(5,6)7)14-13-23-20(17-27)15-19-16-21(25(2,3)4)11-12-22(19)23/h8-9,11-17H,10H2,1-7H3. The van der Waals surface area contributed by atoms with Crippen LogP contribution in [0.4, 0.5) is 0 Å². The highest BCUT2D eigenvalue weighted by molar-refractivity contribution is 5.89. The fourth-order valence-corrected chi connectivity index (χ4v) is 4.83. The number of rotatable bonds is 1. The molecule has 0 fully saturated rings. The van der Waals surface area contributed by atoms with Crippen LogP contribution in [0.25, 0.3) is 11.6 Å². The molecule has 140 valence electrons. The maximum Gasteiger partial charge on any atom is 0.0340 e. The minimum atomic E-state index is -0.0230. The van der Waals surface area contributed by atoms with E-state index in [-0.39, 0.29) is 16.2 Å². The highest BCUT2D eigenvalue weighted by Crippen LogP contribution is 2.54. The second kappa shape index (κ2) is 5.71. The summed E-state index contributed by atoms with van der Waals surface area (Å²) in [6, 6.07) is 7.00. The Kier molecular flexibility index (Phi) is 3.87. The smallest absolute Gasteiger partial charge is 0.0340 e. The minimum Gasteiger partial charge on any atom is -0.0801 e. The van der Waals surface area contributed by atoms with Crippen molar-refractivity contribution in [2.24, 2.45) is 10.8 Å². The Morgan fingerprint density at radius 3 is 2.30 bits per heavy atom. The normalized spacial score (nSPS) is 24.1. The van der Waals surface area contributed by atoms with Crippen LogP contribution in [0.1, 0.15) is 60.5 Å². The fourth-order valence-electron chi connectivity index (χ4n) is 4.83. The molecule has 0 nitrogen and oxygen atoms in total. The number of hydrogen-bond acceptors (Lipinski definition) is 0. The van der Waals surface area contributed by atoms with Crippen molar-refractivity contribution in [3.05, 3.63) is 81.3 Å². The third kappa shape index (κ3) is 2.73. The molecule has 1 aromatic rings. The van der Waals surface area contributed by atoms with Gasteiger partial charge in [0.15, 0.2) is 0 Å². The van der Waals surface area contributed by atoms with Gasteiger partial charge in [-0.05, 0) is 63.0 Å². The summed E-state index contributed by atoms with van der Waals surface area (Å²) in [6.45, 7) is 16.2. The second-order valence-electron chi connectivity index (χ2n) is 10.4. The summed E-state index contributed by atoms with van der Waals surface area (Å²) >= 11 is 0. The van der Waals surface area contributed by atoms with Gasteiger partial charge in [-0.25, -0.2) is 0 Å². The van der Waals surface area contributed by atoms with Crippen LogP contribution in [-0.2, 0) is 5.41 Å². The summed E-state index contributed by atoms with van der Waals surface area (Å²) in [5.41, 5.74) is 7.45. The van der Waals surface area contributed by atoms with Crippen molar-refractivity contribution >= 4 is 11.6 Å². The zero-order valence-corrected chi connectivity index (χ0v) is 17.9. The monoisotopic (exact) mass is 356 g/mol. The summed E-state index contributed by atoms with van der Waals surface area (Å²) in [5, 5.41) is 2.75. The predicted molar refractivity (Wildman–Crippen MR) is 118 cm³/mol. The Balaban J connectivity index is 1.92. The Morgan fingerprint density at radius 1 is 0.963 bits per heavy atom. The molecule has 3 aliphatic carbocycles. The van der Waals surface area contributed by atoms with Gasteiger partial charge in [-0.15, -0.1) is 0 Å². The lowest BCUT2D eigenvalue weighted by Crippen LogP contribution is -2.36. The van der Waals surface area contributed by atoms with E-state index in [0.717, 1.165) is 6.42 Å². The van der Waals surface area contributed by atoms with Crippen LogP contribution in [-0.4, -0.2) is 0 Å². The van der Waals surface area contributed by atoms with E-state index < -0.39 is 0 Å². The molecule has 4 rings (SSSR count). The maximum atomic E-state index is 2.55. The van der Waals surface area contributed by atoms with Crippen molar-refractivity contribution in [3.8, 4) is 0 Å². The summed E-state index contributed by atoms with van der Waals surface area (Å²) in [7, 11) is 0. The molecule has 0 N–H and O–H groups in total. The average Bonchev–Trinajstić information content (AvgIpc) is 3.14. The van der Waals surface area contributed by atoms with Crippen molar-refractivity contribution in [3.63, 3.8) is 0 Å². The van der Waals surface area contributed by atoms with Gasteiger partial charge in [-0.1, -0.05) is 95.7 Å². The molecule has 0 radical (unpaired) electrons. The molecular formula is C27H32. The number of allylic oxidation sites excluding steroid dienone is 8. The van der Waals surface area contributed by atoms with E-state index in [0.29, 0.717) is 0 Å². The Morgan fingerprint density at radius 2 is 1.70 bits per heavy atom. The molecule has 0 bridgehead atoms. The third-order valence-electron chi connectivity index (χ3n) is 6.63. The molecular weight excluding hydrogens is 324 g/mol. The van der Waals surface area contributed by atoms with E-state index in [1.54, 1.807) is 5.57 Å². The van der Waals surface area contributed by atoms with Crippen molar-refractivity contribution in [1.29, 1.82) is 0 Å². The highest BCUT2D eigenvalue weighted by atomic mass is 14.5. The predicted octanol–water partition coefficient (Wildman–Crippen LogP) is 5.73. The van der Waals surface area contributed by atoms with Gasteiger partial charge in [-0.2, -0.15) is 0 Å². The van der Waals surface area contributed by atoms with Crippen molar-refractivity contribution in [2.75, 3.05) is 0 Å². The van der Waals surface area contributed by atoms with Crippen LogP contribution in [0, 0.1) is 10.8 Å². The number of fused-ring (bicyclic) bond motifs is 2. The first-order chi connectivity index (χ1) is 12.5. The lowest BCUT2D eigenvalue weighted by molar-refractivity contribution is 0.242. The lowest BCUT2D eigenvalue weighted by Gasteiger charge is -2.44. The molecule has 0 heterocycles. The van der Waals surface area contributed by atoms with Crippen LogP contribution < -0.4 is 10.4 Å². The average molecular weight is 357 g/mol. The first-order valence-corrected chi connectivity index (χ1v) is 10.2. The van der Waals surface area contributed by atoms with Gasteiger partial charge in [-0.3, -0.25) is 0 Å². The molecule has 27 heavy (non-hydrogen) atoms. The quantitative estimate of drug-likeness (QED) is 0.602. The Hall–Kier alpha value is -2.08. The van der Waals surface area contributed by atoms with Gasteiger partial charge < -0.3 is 0 Å². The van der Waals surface area contributed by atoms with Crippen molar-refractivity contribution in [2.45, 2.75) is 60.3 Å². The van der Waals surface area contributed by atoms with Crippen LogP contribution in [0.3, 0.4) is 0 Å². The van der Waals surface area contributed by atoms with E-state index in [1.165, 1.54) is 32.7 Å². The fraction of sp³-hybridized carbons (Fsp3) is 0.407. The van der Waals surface area contributed by atoms with E-state index >= 15 is 0 Å². The first-order valence-electron chi connectivity index (χ1n) is 10.2. The van der Waals surface area contributed by atoms with Crippen molar-refractivity contribution in [1.82, 2.24) is 0 Å². The van der Waals surface area contributed by atoms with E-state index in [2.05, 4.69) is 103 Å². The molecule has 0 spiro atoms. The summed E-state index contributed by atoms with van der Waals surface area (Å²) < 4.78 is 0. The zero-order valence-electron chi connectivity index (χ0n) is 17.9. The molecule has 0 aromatic heterocycles. The van der Waals surface area contributed by atoms with Crippen LogP contribution >= 0.6 is 0 Å². The lowest BCUT2D eigenvalue weighted by atomic mass is 9.59. The summed E-state index contributed by atoms with van der Waals surface area (Å²) in [4.78, 5) is 0. The summed E-state index contributed by atoms with van der Waals surface area (Å²) in [6.07, 6.45) is 15.5. The molecule has 3 aliphatic rings. The molecule has 1 atom stereocenters. The van der Waals surface area contributed by atoms with Gasteiger partial charge >= 0.3 is 0 Å². The molecule has 0 saturated carbocycles. The van der Waals surface area contributed by atoms with Gasteiger partial charge in [0, 0.05) is 5.41 Å². The highest BCUT2D eigenvalue weighted by Gasteiger charge is 2.44. The van der Waals surface area contributed by atoms with Crippen molar-refractivity contribution < 1.29 is 0 Å². The largest absolute Gasteiger partial charge is 0.0801 e. The number of benzene rings is 1. The Bertz CT molecular complexity index is 1050. The first kappa shape index (κ1) is 18.3. The SMILES string of the molecule is CC1=C(C2(C(C)(C)C)C=CC3=c4ccc(C(C)(C)C)cc4=CC3=C2)CC=C1. The van der Waals surface area contributed by atoms with E-state index in [1.807, 2.05) is 0 Å². The number of hydrogen-bond donors (Lipinski definition) is 0. The van der Waals surface area contributed by atoms with Gasteiger partial charge in [0.2, 0.25) is 0 Å². The molecule has 0 amide bonds. The minimum absolute atomic E-state index is 0.0230. The zero-order chi connectivity index (χ0) is 19.6. The third-order valence-corrected chi connectivity index (χ3v) is 6.63. The second-order valence-corrected chi connectivity index (χ2v) is 10.4. The summed E-state index contributed by atoms with van der Waals surface area (Å²) in [5.74, 6) is 0. The molecule has 0 aliphatic heterocycles. The van der Waals surface area contributed by atoms with Crippen LogP contribution in [0.5, 0.6) is 0 Å². The van der Waals surface area contributed by atoms with Crippen LogP contribution in [0.15, 0.2) is 65.3 Å². The Labute approximate surface area is 164 Å². The molecule has 1 aromatic carbocycles. The van der Waals surface area contributed by atoms with Gasteiger partial charge in [0.05, 0.1) is 0 Å². The van der Waals surface area contributed by atoms with Gasteiger partial charge in [0.1, 0.15) is 0 Å².